The molecule has 0 fully saturated rings. The van der Waals surface area contributed by atoms with E-state index < -0.39 is 0 Å². The van der Waals surface area contributed by atoms with E-state index in [1.54, 1.807) is 42.1 Å². The third kappa shape index (κ3) is 3.40. The molecule has 0 atom stereocenters. The average Bonchev–Trinajstić information content (AvgIpc) is 2.58. The van der Waals surface area contributed by atoms with E-state index in [0.717, 1.165) is 9.58 Å². The van der Waals surface area contributed by atoms with Crippen LogP contribution >= 0.6 is 11.8 Å². The van der Waals surface area contributed by atoms with Crippen LogP contribution in [0, 0.1) is 0 Å². The highest BCUT2D eigenvalue weighted by Crippen LogP contribution is 2.18. The summed E-state index contributed by atoms with van der Waals surface area (Å²) in [6, 6.07) is 14.4. The molecule has 0 unspecified atom stereocenters. The molecule has 1 N–H and O–H groups in total. The quantitative estimate of drug-likeness (QED) is 0.743. The number of fused-ring (bicyclic) bond motifs is 1. The fourth-order valence-corrected chi connectivity index (χ4v) is 2.62. The fourth-order valence-electron chi connectivity index (χ4n) is 2.16. The number of carbonyl (C=O) groups excluding carboxylic acids is 1. The zero-order chi connectivity index (χ0) is 16.2. The second-order valence-electron chi connectivity index (χ2n) is 4.85. The van der Waals surface area contributed by atoms with Crippen LogP contribution in [-0.2, 0) is 11.3 Å². The zero-order valence-electron chi connectivity index (χ0n) is 12.4. The van der Waals surface area contributed by atoms with E-state index in [0.29, 0.717) is 16.6 Å². The van der Waals surface area contributed by atoms with Gasteiger partial charge >= 0.3 is 0 Å². The van der Waals surface area contributed by atoms with E-state index in [1.165, 1.54) is 0 Å². The van der Waals surface area contributed by atoms with Gasteiger partial charge in [-0.15, -0.1) is 16.9 Å². The van der Waals surface area contributed by atoms with Crippen molar-refractivity contribution in [2.24, 2.45) is 0 Å². The first kappa shape index (κ1) is 15.2. The number of hydrogen-bond acceptors (Lipinski definition) is 5. The van der Waals surface area contributed by atoms with Gasteiger partial charge in [0.15, 0.2) is 0 Å². The number of hydrogen-bond donors (Lipinski definition) is 1. The fraction of sp³-hybridized carbons (Fsp3) is 0.125. The maximum absolute atomic E-state index is 12.3. The molecule has 3 aromatic rings. The molecule has 0 aliphatic heterocycles. The molecule has 1 amide bonds. The summed E-state index contributed by atoms with van der Waals surface area (Å²) in [5.74, 6) is -0.324. The monoisotopic (exact) mass is 326 g/mol. The van der Waals surface area contributed by atoms with Gasteiger partial charge < -0.3 is 5.32 Å². The van der Waals surface area contributed by atoms with Crippen LogP contribution in [0.25, 0.3) is 10.9 Å². The molecular weight excluding hydrogens is 312 g/mol. The number of benzene rings is 2. The molecule has 1 aromatic heterocycles. The van der Waals surface area contributed by atoms with Crippen molar-refractivity contribution in [3.05, 3.63) is 58.9 Å². The summed E-state index contributed by atoms with van der Waals surface area (Å²) >= 11 is 1.59. The molecular formula is C16H14N4O2S. The summed E-state index contributed by atoms with van der Waals surface area (Å²) in [6.45, 7) is -0.180. The van der Waals surface area contributed by atoms with Crippen molar-refractivity contribution in [2.75, 3.05) is 11.6 Å². The molecule has 3 rings (SSSR count). The van der Waals surface area contributed by atoms with E-state index in [9.17, 15) is 9.59 Å². The van der Waals surface area contributed by atoms with E-state index in [1.807, 2.05) is 24.5 Å². The van der Waals surface area contributed by atoms with Gasteiger partial charge in [0.05, 0.1) is 5.39 Å². The largest absolute Gasteiger partial charge is 0.324 e. The SMILES string of the molecule is CSc1cccc(NC(=O)Cn2nnc3ccccc3c2=O)c1. The number of amides is 1. The standard InChI is InChI=1S/C16H14N4O2S/c1-23-12-6-4-5-11(9-12)17-15(21)10-20-16(22)13-7-2-3-8-14(13)18-19-20/h2-9H,10H2,1H3,(H,17,21). The number of nitrogens with one attached hydrogen (secondary N) is 1. The van der Waals surface area contributed by atoms with Crippen LogP contribution in [0.2, 0.25) is 0 Å². The van der Waals surface area contributed by atoms with Crippen LogP contribution in [0.15, 0.2) is 58.2 Å². The second-order valence-corrected chi connectivity index (χ2v) is 5.73. The summed E-state index contributed by atoms with van der Waals surface area (Å²) < 4.78 is 1.07. The lowest BCUT2D eigenvalue weighted by molar-refractivity contribution is -0.117. The van der Waals surface area contributed by atoms with Gasteiger partial charge in [0.1, 0.15) is 12.1 Å². The maximum atomic E-state index is 12.3. The van der Waals surface area contributed by atoms with E-state index in [4.69, 9.17) is 0 Å². The molecule has 0 bridgehead atoms. The molecule has 2 aromatic carbocycles. The highest BCUT2D eigenvalue weighted by atomic mass is 32.2. The first-order valence-corrected chi connectivity index (χ1v) is 8.16. The number of rotatable bonds is 4. The van der Waals surface area contributed by atoms with Gasteiger partial charge in [-0.05, 0) is 36.6 Å². The Morgan fingerprint density at radius 2 is 2.04 bits per heavy atom. The Hall–Kier alpha value is -2.67. The van der Waals surface area contributed by atoms with Crippen molar-refractivity contribution in [3.8, 4) is 0 Å². The second kappa shape index (κ2) is 6.62. The van der Waals surface area contributed by atoms with Crippen molar-refractivity contribution >= 4 is 34.3 Å². The highest BCUT2D eigenvalue weighted by Gasteiger charge is 2.09. The van der Waals surface area contributed by atoms with Gasteiger partial charge in [-0.2, -0.15) is 0 Å². The summed E-state index contributed by atoms with van der Waals surface area (Å²) in [7, 11) is 0. The minimum Gasteiger partial charge on any atom is -0.324 e. The molecule has 6 nitrogen and oxygen atoms in total. The molecule has 7 heteroatoms. The minimum absolute atomic E-state index is 0.180. The molecule has 1 heterocycles. The molecule has 0 aliphatic rings. The molecule has 0 aliphatic carbocycles. The van der Waals surface area contributed by atoms with E-state index in [-0.39, 0.29) is 18.0 Å². The van der Waals surface area contributed by atoms with Crippen LogP contribution in [-0.4, -0.2) is 27.2 Å². The molecule has 0 spiro atoms. The van der Waals surface area contributed by atoms with Crippen molar-refractivity contribution in [1.82, 2.24) is 15.0 Å². The lowest BCUT2D eigenvalue weighted by Gasteiger charge is -2.07. The molecule has 23 heavy (non-hydrogen) atoms. The van der Waals surface area contributed by atoms with Crippen molar-refractivity contribution in [1.29, 1.82) is 0 Å². The number of thioether (sulfide) groups is 1. The lowest BCUT2D eigenvalue weighted by atomic mass is 10.2. The Morgan fingerprint density at radius 1 is 1.22 bits per heavy atom. The Bertz CT molecular complexity index is 923. The number of anilines is 1. The van der Waals surface area contributed by atoms with E-state index in [2.05, 4.69) is 15.6 Å². The van der Waals surface area contributed by atoms with Crippen molar-refractivity contribution < 1.29 is 4.79 Å². The summed E-state index contributed by atoms with van der Waals surface area (Å²) in [4.78, 5) is 25.5. The zero-order valence-corrected chi connectivity index (χ0v) is 13.2. The Morgan fingerprint density at radius 3 is 2.87 bits per heavy atom. The maximum Gasteiger partial charge on any atom is 0.278 e. The first-order chi connectivity index (χ1) is 11.2. The van der Waals surface area contributed by atoms with E-state index >= 15 is 0 Å². The summed E-state index contributed by atoms with van der Waals surface area (Å²) in [5, 5.41) is 11.0. The minimum atomic E-state index is -0.330. The van der Waals surface area contributed by atoms with Crippen molar-refractivity contribution in [2.45, 2.75) is 11.4 Å². The molecule has 0 saturated heterocycles. The molecule has 0 radical (unpaired) electrons. The van der Waals surface area contributed by atoms with Crippen LogP contribution in [0.5, 0.6) is 0 Å². The van der Waals surface area contributed by atoms with Crippen LogP contribution in [0.3, 0.4) is 0 Å². The predicted molar refractivity (Wildman–Crippen MR) is 90.7 cm³/mol. The Kier molecular flexibility index (Phi) is 4.38. The number of carbonyl (C=O) groups is 1. The first-order valence-electron chi connectivity index (χ1n) is 6.94. The number of aromatic nitrogens is 3. The normalized spacial score (nSPS) is 10.7. The summed E-state index contributed by atoms with van der Waals surface area (Å²) in [6.07, 6.45) is 1.96. The third-order valence-electron chi connectivity index (χ3n) is 3.28. The Labute approximate surface area is 136 Å². The predicted octanol–water partition coefficient (Wildman–Crippen LogP) is 2.15. The summed E-state index contributed by atoms with van der Waals surface area (Å²) in [5.41, 5.74) is 0.870. The smallest absolute Gasteiger partial charge is 0.278 e. The third-order valence-corrected chi connectivity index (χ3v) is 4.00. The highest BCUT2D eigenvalue weighted by molar-refractivity contribution is 7.98. The topological polar surface area (TPSA) is 76.9 Å². The lowest BCUT2D eigenvalue weighted by Crippen LogP contribution is -2.30. The van der Waals surface area contributed by atoms with Crippen LogP contribution in [0.4, 0.5) is 5.69 Å². The van der Waals surface area contributed by atoms with Crippen LogP contribution in [0.1, 0.15) is 0 Å². The van der Waals surface area contributed by atoms with Gasteiger partial charge in [-0.25, -0.2) is 4.68 Å². The number of nitrogens with zero attached hydrogens (tertiary/aromatic N) is 3. The van der Waals surface area contributed by atoms with Crippen LogP contribution < -0.4 is 10.9 Å². The Balaban J connectivity index is 1.80. The van der Waals surface area contributed by atoms with Gasteiger partial charge in [0.2, 0.25) is 5.91 Å². The van der Waals surface area contributed by atoms with Gasteiger partial charge in [-0.3, -0.25) is 9.59 Å². The van der Waals surface area contributed by atoms with Gasteiger partial charge in [0.25, 0.3) is 5.56 Å². The molecule has 0 saturated carbocycles. The van der Waals surface area contributed by atoms with Crippen molar-refractivity contribution in [3.63, 3.8) is 0 Å². The van der Waals surface area contributed by atoms with Gasteiger partial charge in [0, 0.05) is 10.6 Å². The molecule has 116 valence electrons. The average molecular weight is 326 g/mol. The van der Waals surface area contributed by atoms with Gasteiger partial charge in [-0.1, -0.05) is 23.4 Å².